The van der Waals surface area contributed by atoms with Gasteiger partial charge in [-0.05, 0) is 32.3 Å². The number of aryl methyl sites for hydroxylation is 1. The lowest BCUT2D eigenvalue weighted by atomic mass is 10.2. The second-order valence-electron chi connectivity index (χ2n) is 5.34. The maximum Gasteiger partial charge on any atom is 0.224 e. The van der Waals surface area contributed by atoms with Crippen LogP contribution in [0.2, 0.25) is 0 Å². The summed E-state index contributed by atoms with van der Waals surface area (Å²) in [6, 6.07) is 0.320. The van der Waals surface area contributed by atoms with Gasteiger partial charge in [0.1, 0.15) is 5.82 Å². The molecule has 0 aliphatic heterocycles. The highest BCUT2D eigenvalue weighted by atomic mass is 32.2. The van der Waals surface area contributed by atoms with Gasteiger partial charge in [0.2, 0.25) is 5.95 Å². The highest BCUT2D eigenvalue weighted by Gasteiger charge is 2.13. The molecule has 0 unspecified atom stereocenters. The van der Waals surface area contributed by atoms with E-state index in [0.29, 0.717) is 18.8 Å². The van der Waals surface area contributed by atoms with E-state index in [1.807, 2.05) is 19.4 Å². The van der Waals surface area contributed by atoms with Crippen molar-refractivity contribution in [2.24, 2.45) is 0 Å². The minimum Gasteiger partial charge on any atom is -0.396 e. The van der Waals surface area contributed by atoms with Crippen molar-refractivity contribution in [3.05, 3.63) is 11.8 Å². The van der Waals surface area contributed by atoms with E-state index in [2.05, 4.69) is 20.6 Å². The highest BCUT2D eigenvalue weighted by molar-refractivity contribution is 7.98. The van der Waals surface area contributed by atoms with Crippen LogP contribution in [0, 0.1) is 6.92 Å². The monoisotopic (exact) mass is 360 g/mol. The van der Waals surface area contributed by atoms with Gasteiger partial charge in [-0.3, -0.25) is 0 Å². The molecule has 8 heteroatoms. The van der Waals surface area contributed by atoms with E-state index in [9.17, 15) is 5.11 Å². The molecule has 0 radical (unpaired) electrons. The predicted octanol–water partition coefficient (Wildman–Crippen LogP) is 1.84. The van der Waals surface area contributed by atoms with Gasteiger partial charge < -0.3 is 20.8 Å². The molecule has 4 N–H and O–H groups in total. The summed E-state index contributed by atoms with van der Waals surface area (Å²) in [6.45, 7) is 2.26. The maximum absolute atomic E-state index is 9.18. The van der Waals surface area contributed by atoms with Crippen LogP contribution in [0.3, 0.4) is 0 Å². The molecule has 1 heterocycles. The number of nitrogens with one attached hydrogen (secondary N) is 2. The highest BCUT2D eigenvalue weighted by Crippen LogP contribution is 2.17. The summed E-state index contributed by atoms with van der Waals surface area (Å²) in [5, 5.41) is 25.0. The zero-order chi connectivity index (χ0) is 17.1. The Balaban J connectivity index is 2.80. The molecular formula is C15H28N4O2S2. The summed E-state index contributed by atoms with van der Waals surface area (Å²) in [7, 11) is 0. The van der Waals surface area contributed by atoms with Crippen LogP contribution < -0.4 is 10.6 Å². The molecule has 0 aromatic carbocycles. The van der Waals surface area contributed by atoms with Crippen molar-refractivity contribution in [1.82, 2.24) is 9.97 Å². The molecule has 1 rings (SSSR count). The second kappa shape index (κ2) is 11.8. The number of thioether (sulfide) groups is 2. The Labute approximate surface area is 147 Å². The molecule has 1 aromatic heterocycles. The summed E-state index contributed by atoms with van der Waals surface area (Å²) >= 11 is 3.46. The van der Waals surface area contributed by atoms with Crippen LogP contribution in [-0.2, 0) is 0 Å². The third-order valence-electron chi connectivity index (χ3n) is 3.34. The first-order chi connectivity index (χ1) is 11.1. The minimum absolute atomic E-state index is 0.140. The van der Waals surface area contributed by atoms with E-state index in [1.54, 1.807) is 29.7 Å². The van der Waals surface area contributed by atoms with E-state index < -0.39 is 0 Å². The van der Waals surface area contributed by atoms with Gasteiger partial charge in [-0.2, -0.15) is 28.5 Å². The van der Waals surface area contributed by atoms with Gasteiger partial charge in [0.25, 0.3) is 0 Å². The van der Waals surface area contributed by atoms with Crippen molar-refractivity contribution < 1.29 is 10.2 Å². The largest absolute Gasteiger partial charge is 0.396 e. The molecule has 0 spiro atoms. The van der Waals surface area contributed by atoms with Crippen LogP contribution in [0.15, 0.2) is 6.20 Å². The van der Waals surface area contributed by atoms with E-state index in [1.165, 1.54) is 0 Å². The van der Waals surface area contributed by atoms with Gasteiger partial charge in [-0.1, -0.05) is 0 Å². The molecule has 0 saturated heterocycles. The Bertz CT molecular complexity index is 439. The maximum atomic E-state index is 9.18. The topological polar surface area (TPSA) is 90.3 Å². The van der Waals surface area contributed by atoms with Gasteiger partial charge >= 0.3 is 0 Å². The number of hydrogen-bond donors (Lipinski definition) is 4. The number of anilines is 2. The standard InChI is InChI=1S/C15H28N4O2S2/c1-11-8-16-15(18-13(5-7-21)10-23-3)19-14(11)17-12(4-6-20)9-22-2/h8,12-13,20-21H,4-7,9-10H2,1-3H3,(H2,16,17,18,19)/t12-,13-/m1/s1. The Kier molecular flexibility index (Phi) is 10.4. The van der Waals surface area contributed by atoms with Crippen LogP contribution in [0.25, 0.3) is 0 Å². The summed E-state index contributed by atoms with van der Waals surface area (Å²) < 4.78 is 0. The number of aliphatic hydroxyl groups excluding tert-OH is 2. The number of aliphatic hydroxyl groups is 2. The molecule has 0 bridgehead atoms. The van der Waals surface area contributed by atoms with Gasteiger partial charge in [0.05, 0.1) is 0 Å². The summed E-state index contributed by atoms with van der Waals surface area (Å²) in [5.41, 5.74) is 0.975. The second-order valence-corrected chi connectivity index (χ2v) is 7.16. The van der Waals surface area contributed by atoms with Crippen LogP contribution >= 0.6 is 23.5 Å². The third kappa shape index (κ3) is 7.60. The Hall–Kier alpha value is -0.700. The molecule has 23 heavy (non-hydrogen) atoms. The molecule has 0 saturated carbocycles. The van der Waals surface area contributed by atoms with Gasteiger partial charge in [0, 0.05) is 48.6 Å². The molecule has 0 aliphatic rings. The van der Waals surface area contributed by atoms with Gasteiger partial charge in [-0.15, -0.1) is 0 Å². The van der Waals surface area contributed by atoms with Gasteiger partial charge in [0.15, 0.2) is 0 Å². The smallest absolute Gasteiger partial charge is 0.224 e. The zero-order valence-corrected chi connectivity index (χ0v) is 15.7. The number of hydrogen-bond acceptors (Lipinski definition) is 8. The number of nitrogens with zero attached hydrogens (tertiary/aromatic N) is 2. The molecule has 6 nitrogen and oxygen atoms in total. The van der Waals surface area contributed by atoms with Crippen LogP contribution in [0.1, 0.15) is 18.4 Å². The van der Waals surface area contributed by atoms with E-state index in [-0.39, 0.29) is 25.3 Å². The first kappa shape index (κ1) is 20.3. The molecule has 132 valence electrons. The lowest BCUT2D eigenvalue weighted by Gasteiger charge is -2.20. The Morgan fingerprint density at radius 1 is 1.04 bits per heavy atom. The lowest BCUT2D eigenvalue weighted by molar-refractivity contribution is 0.282. The summed E-state index contributed by atoms with van der Waals surface area (Å²) in [5.74, 6) is 3.16. The van der Waals surface area contributed by atoms with Crippen molar-refractivity contribution in [2.45, 2.75) is 31.8 Å². The van der Waals surface area contributed by atoms with E-state index in [4.69, 9.17) is 5.11 Å². The average Bonchev–Trinajstić information content (AvgIpc) is 2.51. The lowest BCUT2D eigenvalue weighted by Crippen LogP contribution is -2.27. The molecular weight excluding hydrogens is 332 g/mol. The molecule has 0 fully saturated rings. The zero-order valence-electron chi connectivity index (χ0n) is 14.1. The SMILES string of the molecule is CSC[C@@H](CCO)Nc1ncc(C)c(N[C@H](CCO)CSC)n1. The Morgan fingerprint density at radius 2 is 1.61 bits per heavy atom. The first-order valence-corrected chi connectivity index (χ1v) is 10.5. The van der Waals surface area contributed by atoms with Crippen LogP contribution in [-0.4, -0.2) is 69.5 Å². The molecule has 1 aromatic rings. The first-order valence-electron chi connectivity index (χ1n) is 7.70. The summed E-state index contributed by atoms with van der Waals surface area (Å²) in [6.07, 6.45) is 7.24. The predicted molar refractivity (Wildman–Crippen MR) is 102 cm³/mol. The summed E-state index contributed by atoms with van der Waals surface area (Å²) in [4.78, 5) is 8.90. The quantitative estimate of drug-likeness (QED) is 0.449. The van der Waals surface area contributed by atoms with Crippen LogP contribution in [0.4, 0.5) is 11.8 Å². The molecule has 2 atom stereocenters. The number of aromatic nitrogens is 2. The fraction of sp³-hybridized carbons (Fsp3) is 0.733. The fourth-order valence-corrected chi connectivity index (χ4v) is 3.45. The number of rotatable bonds is 12. The van der Waals surface area contributed by atoms with Gasteiger partial charge in [-0.25, -0.2) is 4.98 Å². The van der Waals surface area contributed by atoms with E-state index in [0.717, 1.165) is 22.9 Å². The van der Waals surface area contributed by atoms with Crippen molar-refractivity contribution >= 4 is 35.3 Å². The Morgan fingerprint density at radius 3 is 2.13 bits per heavy atom. The van der Waals surface area contributed by atoms with Crippen molar-refractivity contribution in [2.75, 3.05) is 47.9 Å². The minimum atomic E-state index is 0.140. The third-order valence-corrected chi connectivity index (χ3v) is 4.81. The normalized spacial score (nSPS) is 13.6. The average molecular weight is 361 g/mol. The van der Waals surface area contributed by atoms with Crippen LogP contribution in [0.5, 0.6) is 0 Å². The van der Waals surface area contributed by atoms with E-state index >= 15 is 0 Å². The fourth-order valence-electron chi connectivity index (χ4n) is 2.14. The van der Waals surface area contributed by atoms with Crippen molar-refractivity contribution in [3.63, 3.8) is 0 Å². The molecule has 0 aliphatic carbocycles. The van der Waals surface area contributed by atoms with Crippen molar-refractivity contribution in [3.8, 4) is 0 Å². The molecule has 0 amide bonds. The van der Waals surface area contributed by atoms with Crippen molar-refractivity contribution in [1.29, 1.82) is 0 Å².